The molecule has 0 spiro atoms. The van der Waals surface area contributed by atoms with Gasteiger partial charge in [0.1, 0.15) is 5.75 Å². The van der Waals surface area contributed by atoms with E-state index in [0.717, 1.165) is 31.7 Å². The van der Waals surface area contributed by atoms with Crippen LogP contribution in [0.4, 0.5) is 0 Å². The van der Waals surface area contributed by atoms with Crippen LogP contribution in [0.3, 0.4) is 0 Å². The Hall–Kier alpha value is -1.26. The number of carbonyl (C=O) groups is 1. The second-order valence-electron chi connectivity index (χ2n) is 8.69. The van der Waals surface area contributed by atoms with Crippen molar-refractivity contribution in [2.75, 3.05) is 19.7 Å². The molecule has 2 fully saturated rings. The summed E-state index contributed by atoms with van der Waals surface area (Å²) in [5.41, 5.74) is 7.60. The van der Waals surface area contributed by atoms with E-state index in [2.05, 4.69) is 32.9 Å². The standard InChI is InChI=1S/C21H32N2O2.ClH/c1-21(2,3)16-7-9-17(10-8-16)25-12-4-5-20(24)23-13-15-6-11-19(22)18(15)14-23;/h7-10,15,18-19H,4-6,11-14,22H2,1-3H3;1H. The van der Waals surface area contributed by atoms with Crippen LogP contribution in [0.25, 0.3) is 0 Å². The van der Waals surface area contributed by atoms with Crippen LogP contribution in [-0.2, 0) is 10.2 Å². The minimum absolute atomic E-state index is 0. The van der Waals surface area contributed by atoms with Gasteiger partial charge in [-0.05, 0) is 54.2 Å². The Morgan fingerprint density at radius 3 is 2.50 bits per heavy atom. The molecule has 0 radical (unpaired) electrons. The van der Waals surface area contributed by atoms with Crippen LogP contribution < -0.4 is 10.5 Å². The molecule has 26 heavy (non-hydrogen) atoms. The molecular formula is C21H33ClN2O2. The SMILES string of the molecule is CC(C)(C)c1ccc(OCCCC(=O)N2CC3CCC(N)C3C2)cc1.Cl. The van der Waals surface area contributed by atoms with Gasteiger partial charge < -0.3 is 15.4 Å². The number of rotatable bonds is 5. The van der Waals surface area contributed by atoms with Crippen LogP contribution in [0.2, 0.25) is 0 Å². The van der Waals surface area contributed by atoms with Crippen LogP contribution in [0.15, 0.2) is 24.3 Å². The number of amides is 1. The van der Waals surface area contributed by atoms with Crippen molar-refractivity contribution in [3.8, 4) is 5.75 Å². The maximum absolute atomic E-state index is 12.4. The highest BCUT2D eigenvalue weighted by Crippen LogP contribution is 2.37. The molecule has 3 rings (SSSR count). The van der Waals surface area contributed by atoms with Gasteiger partial charge in [0.25, 0.3) is 0 Å². The van der Waals surface area contributed by atoms with Crippen molar-refractivity contribution in [2.24, 2.45) is 17.6 Å². The van der Waals surface area contributed by atoms with Gasteiger partial charge in [-0.25, -0.2) is 0 Å². The maximum atomic E-state index is 12.4. The minimum Gasteiger partial charge on any atom is -0.494 e. The van der Waals surface area contributed by atoms with Gasteiger partial charge in [-0.3, -0.25) is 4.79 Å². The molecule has 2 aliphatic rings. The Morgan fingerprint density at radius 1 is 1.19 bits per heavy atom. The highest BCUT2D eigenvalue weighted by molar-refractivity contribution is 5.85. The lowest BCUT2D eigenvalue weighted by Crippen LogP contribution is -2.33. The van der Waals surface area contributed by atoms with Crippen molar-refractivity contribution < 1.29 is 9.53 Å². The zero-order chi connectivity index (χ0) is 18.0. The first kappa shape index (κ1) is 21.0. The fraction of sp³-hybridized carbons (Fsp3) is 0.667. The monoisotopic (exact) mass is 380 g/mol. The number of hydrogen-bond acceptors (Lipinski definition) is 3. The normalized spacial score (nSPS) is 24.9. The largest absolute Gasteiger partial charge is 0.494 e. The van der Waals surface area contributed by atoms with Gasteiger partial charge in [-0.15, -0.1) is 12.4 Å². The molecule has 1 aliphatic carbocycles. The van der Waals surface area contributed by atoms with E-state index in [1.165, 1.54) is 12.0 Å². The summed E-state index contributed by atoms with van der Waals surface area (Å²) in [7, 11) is 0. The van der Waals surface area contributed by atoms with E-state index in [4.69, 9.17) is 10.5 Å². The van der Waals surface area contributed by atoms with E-state index in [9.17, 15) is 4.79 Å². The van der Waals surface area contributed by atoms with E-state index in [1.54, 1.807) is 0 Å². The van der Waals surface area contributed by atoms with E-state index < -0.39 is 0 Å². The molecule has 5 heteroatoms. The third-order valence-corrected chi connectivity index (χ3v) is 5.79. The number of halogens is 1. The molecular weight excluding hydrogens is 348 g/mol. The summed E-state index contributed by atoms with van der Waals surface area (Å²) in [5, 5.41) is 0. The molecule has 1 heterocycles. The fourth-order valence-corrected chi connectivity index (χ4v) is 4.13. The van der Waals surface area contributed by atoms with Crippen LogP contribution in [0.5, 0.6) is 5.75 Å². The maximum Gasteiger partial charge on any atom is 0.222 e. The predicted octanol–water partition coefficient (Wildman–Crippen LogP) is 3.76. The first-order chi connectivity index (χ1) is 11.8. The van der Waals surface area contributed by atoms with E-state index in [0.29, 0.717) is 30.9 Å². The quantitative estimate of drug-likeness (QED) is 0.791. The molecule has 1 saturated carbocycles. The smallest absolute Gasteiger partial charge is 0.222 e. The number of hydrogen-bond donors (Lipinski definition) is 1. The van der Waals surface area contributed by atoms with Crippen molar-refractivity contribution in [1.82, 2.24) is 4.90 Å². The number of benzene rings is 1. The van der Waals surface area contributed by atoms with Crippen molar-refractivity contribution in [1.29, 1.82) is 0 Å². The van der Waals surface area contributed by atoms with Crippen molar-refractivity contribution in [3.63, 3.8) is 0 Å². The fourth-order valence-electron chi connectivity index (χ4n) is 4.13. The second kappa shape index (κ2) is 8.62. The molecule has 0 bridgehead atoms. The zero-order valence-corrected chi connectivity index (χ0v) is 17.1. The van der Waals surface area contributed by atoms with Gasteiger partial charge >= 0.3 is 0 Å². The third-order valence-electron chi connectivity index (χ3n) is 5.79. The van der Waals surface area contributed by atoms with Gasteiger partial charge in [0.15, 0.2) is 0 Å². The van der Waals surface area contributed by atoms with Crippen LogP contribution in [0.1, 0.15) is 52.0 Å². The molecule has 0 aromatic heterocycles. The first-order valence-electron chi connectivity index (χ1n) is 9.61. The number of likely N-dealkylation sites (tertiary alicyclic amines) is 1. The number of fused-ring (bicyclic) bond motifs is 1. The Labute approximate surface area is 163 Å². The average Bonchev–Trinajstić information content (AvgIpc) is 3.13. The molecule has 3 atom stereocenters. The van der Waals surface area contributed by atoms with E-state index in [1.807, 2.05) is 17.0 Å². The van der Waals surface area contributed by atoms with Gasteiger partial charge in [0, 0.05) is 25.6 Å². The van der Waals surface area contributed by atoms with Crippen molar-refractivity contribution in [3.05, 3.63) is 29.8 Å². The summed E-state index contributed by atoms with van der Waals surface area (Å²) in [5.74, 6) is 2.30. The number of carbonyl (C=O) groups excluding carboxylic acids is 1. The molecule has 4 nitrogen and oxygen atoms in total. The first-order valence-corrected chi connectivity index (χ1v) is 9.61. The summed E-state index contributed by atoms with van der Waals surface area (Å²) < 4.78 is 5.79. The molecule has 146 valence electrons. The highest BCUT2D eigenvalue weighted by Gasteiger charge is 2.42. The lowest BCUT2D eigenvalue weighted by molar-refractivity contribution is -0.130. The molecule has 3 unspecified atom stereocenters. The van der Waals surface area contributed by atoms with Gasteiger partial charge in [-0.1, -0.05) is 32.9 Å². The molecule has 1 aromatic carbocycles. The summed E-state index contributed by atoms with van der Waals surface area (Å²) in [4.78, 5) is 14.4. The second-order valence-corrected chi connectivity index (χ2v) is 8.69. The summed E-state index contributed by atoms with van der Waals surface area (Å²) in [6.07, 6.45) is 3.63. The van der Waals surface area contributed by atoms with Crippen molar-refractivity contribution >= 4 is 18.3 Å². The van der Waals surface area contributed by atoms with E-state index >= 15 is 0 Å². The minimum atomic E-state index is 0. The number of nitrogens with two attached hydrogens (primary N) is 1. The third kappa shape index (κ3) is 4.92. The van der Waals surface area contributed by atoms with Gasteiger partial charge in [0.2, 0.25) is 5.91 Å². The Balaban J connectivity index is 0.00000243. The van der Waals surface area contributed by atoms with Gasteiger partial charge in [-0.2, -0.15) is 0 Å². The zero-order valence-electron chi connectivity index (χ0n) is 16.2. The lowest BCUT2D eigenvalue weighted by Gasteiger charge is -2.19. The average molecular weight is 381 g/mol. The lowest BCUT2D eigenvalue weighted by atomic mass is 9.87. The van der Waals surface area contributed by atoms with E-state index in [-0.39, 0.29) is 23.7 Å². The number of nitrogens with zero attached hydrogens (tertiary/aromatic N) is 1. The highest BCUT2D eigenvalue weighted by atomic mass is 35.5. The molecule has 1 aliphatic heterocycles. The predicted molar refractivity (Wildman–Crippen MR) is 108 cm³/mol. The Bertz CT molecular complexity index is 597. The van der Waals surface area contributed by atoms with Crippen molar-refractivity contribution in [2.45, 2.75) is 57.9 Å². The number of ether oxygens (including phenoxy) is 1. The van der Waals surface area contributed by atoms with Crippen LogP contribution in [-0.4, -0.2) is 36.5 Å². The Kier molecular flexibility index (Phi) is 6.98. The van der Waals surface area contributed by atoms with Gasteiger partial charge in [0.05, 0.1) is 6.61 Å². The molecule has 2 N–H and O–H groups in total. The summed E-state index contributed by atoms with van der Waals surface area (Å²) in [6.45, 7) is 8.96. The van der Waals surface area contributed by atoms with Crippen LogP contribution >= 0.6 is 12.4 Å². The van der Waals surface area contributed by atoms with Crippen LogP contribution in [0, 0.1) is 11.8 Å². The molecule has 1 amide bonds. The topological polar surface area (TPSA) is 55.6 Å². The molecule has 1 aromatic rings. The summed E-state index contributed by atoms with van der Waals surface area (Å²) >= 11 is 0. The molecule has 1 saturated heterocycles. The summed E-state index contributed by atoms with van der Waals surface area (Å²) in [6, 6.07) is 8.57. The Morgan fingerprint density at radius 2 is 1.88 bits per heavy atom.